The molecule has 0 radical (unpaired) electrons. The molecule has 104 valence electrons. The number of sulfonamides is 1. The van der Waals surface area contributed by atoms with Gasteiger partial charge in [-0.3, -0.25) is 9.59 Å². The molecule has 1 fully saturated rings. The topological polar surface area (TPSA) is 99.3 Å². The number of aromatic nitrogens is 1. The second kappa shape index (κ2) is 5.14. The first-order valence-electron chi connectivity index (χ1n) is 5.85. The van der Waals surface area contributed by atoms with Crippen molar-refractivity contribution in [3.8, 4) is 0 Å². The number of nitrogens with one attached hydrogen (secondary N) is 2. The Morgan fingerprint density at radius 3 is 2.89 bits per heavy atom. The van der Waals surface area contributed by atoms with Crippen LogP contribution in [0, 0.1) is 0 Å². The van der Waals surface area contributed by atoms with Crippen LogP contribution in [-0.2, 0) is 14.8 Å². The quantitative estimate of drug-likeness (QED) is 0.765. The Kier molecular flexibility index (Phi) is 3.72. The molecular formula is C11H15N3O4S. The molecule has 0 spiro atoms. The first kappa shape index (κ1) is 13.8. The lowest BCUT2D eigenvalue weighted by atomic mass is 10.3. The van der Waals surface area contributed by atoms with Crippen molar-refractivity contribution in [3.63, 3.8) is 0 Å². The van der Waals surface area contributed by atoms with Crippen LogP contribution in [0.1, 0.15) is 13.3 Å². The Hall–Kier alpha value is -1.67. The number of carbonyl (C=O) groups excluding carboxylic acids is 1. The molecule has 2 rings (SSSR count). The van der Waals surface area contributed by atoms with Gasteiger partial charge in [-0.15, -0.1) is 0 Å². The molecule has 1 saturated heterocycles. The molecule has 2 N–H and O–H groups in total. The van der Waals surface area contributed by atoms with Gasteiger partial charge in [-0.05, 0) is 6.42 Å². The third-order valence-electron chi connectivity index (χ3n) is 2.96. The molecule has 1 aliphatic rings. The van der Waals surface area contributed by atoms with E-state index in [1.807, 2.05) is 0 Å². The summed E-state index contributed by atoms with van der Waals surface area (Å²) >= 11 is 0. The third kappa shape index (κ3) is 2.85. The van der Waals surface area contributed by atoms with Gasteiger partial charge < -0.3 is 10.3 Å². The van der Waals surface area contributed by atoms with Gasteiger partial charge in [0.15, 0.2) is 0 Å². The molecule has 19 heavy (non-hydrogen) atoms. The lowest BCUT2D eigenvalue weighted by Gasteiger charge is -2.16. The zero-order valence-corrected chi connectivity index (χ0v) is 11.2. The fourth-order valence-corrected chi connectivity index (χ4v) is 3.63. The van der Waals surface area contributed by atoms with Crippen molar-refractivity contribution >= 4 is 15.9 Å². The monoisotopic (exact) mass is 285 g/mol. The fraction of sp³-hybridized carbons (Fsp3) is 0.455. The summed E-state index contributed by atoms with van der Waals surface area (Å²) in [5.41, 5.74) is -0.540. The Balaban J connectivity index is 2.21. The van der Waals surface area contributed by atoms with Crippen LogP contribution in [0.5, 0.6) is 0 Å². The van der Waals surface area contributed by atoms with Gasteiger partial charge in [-0.2, -0.15) is 4.31 Å². The molecule has 0 aromatic carbocycles. The van der Waals surface area contributed by atoms with Gasteiger partial charge in [-0.25, -0.2) is 8.42 Å². The Morgan fingerprint density at radius 1 is 1.53 bits per heavy atom. The highest BCUT2D eigenvalue weighted by molar-refractivity contribution is 7.89. The standard InChI is InChI=1S/C11H15N3O4S/c1-8(15)13-9-3-5-14(7-9)19(17,18)11-6-12-4-2-10(11)16/h2,4,6,9H,3,5,7H2,1H3,(H,12,16)(H,13,15). The number of carbonyl (C=O) groups is 1. The van der Waals surface area contributed by atoms with Crippen molar-refractivity contribution in [2.75, 3.05) is 13.1 Å². The van der Waals surface area contributed by atoms with Crippen molar-refractivity contribution in [1.29, 1.82) is 0 Å². The van der Waals surface area contributed by atoms with Gasteiger partial charge in [0.05, 0.1) is 0 Å². The SMILES string of the molecule is CC(=O)NC1CCN(S(=O)(=O)c2c[nH]ccc2=O)C1. The van der Waals surface area contributed by atoms with E-state index in [1.165, 1.54) is 29.7 Å². The predicted octanol–water partition coefficient (Wildman–Crippen LogP) is -0.726. The normalized spacial score (nSPS) is 20.4. The van der Waals surface area contributed by atoms with Crippen molar-refractivity contribution in [1.82, 2.24) is 14.6 Å². The van der Waals surface area contributed by atoms with Crippen molar-refractivity contribution in [2.24, 2.45) is 0 Å². The van der Waals surface area contributed by atoms with Gasteiger partial charge in [0.25, 0.3) is 0 Å². The third-order valence-corrected chi connectivity index (χ3v) is 4.85. The van der Waals surface area contributed by atoms with Crippen LogP contribution in [0.25, 0.3) is 0 Å². The molecule has 1 aromatic rings. The largest absolute Gasteiger partial charge is 0.366 e. The number of hydrogen-bond acceptors (Lipinski definition) is 4. The predicted molar refractivity (Wildman–Crippen MR) is 68.0 cm³/mol. The van der Waals surface area contributed by atoms with Crippen LogP contribution >= 0.6 is 0 Å². The molecule has 0 aliphatic carbocycles. The van der Waals surface area contributed by atoms with E-state index in [1.54, 1.807) is 0 Å². The van der Waals surface area contributed by atoms with Gasteiger partial charge in [0, 0.05) is 44.5 Å². The summed E-state index contributed by atoms with van der Waals surface area (Å²) in [5, 5.41) is 2.68. The average Bonchev–Trinajstić information content (AvgIpc) is 2.77. The van der Waals surface area contributed by atoms with Crippen LogP contribution in [0.3, 0.4) is 0 Å². The lowest BCUT2D eigenvalue weighted by Crippen LogP contribution is -2.38. The summed E-state index contributed by atoms with van der Waals surface area (Å²) in [4.78, 5) is 24.9. The number of aromatic amines is 1. The van der Waals surface area contributed by atoms with Gasteiger partial charge in [-0.1, -0.05) is 0 Å². The number of nitrogens with zero attached hydrogens (tertiary/aromatic N) is 1. The van der Waals surface area contributed by atoms with Crippen LogP contribution in [-0.4, -0.2) is 42.7 Å². The first-order valence-corrected chi connectivity index (χ1v) is 7.29. The number of rotatable bonds is 3. The molecule has 1 aliphatic heterocycles. The maximum atomic E-state index is 12.3. The number of hydrogen-bond donors (Lipinski definition) is 2. The molecule has 1 amide bonds. The molecule has 1 aromatic heterocycles. The average molecular weight is 285 g/mol. The number of H-pyrrole nitrogens is 1. The highest BCUT2D eigenvalue weighted by atomic mass is 32.2. The molecule has 2 heterocycles. The van der Waals surface area contributed by atoms with Crippen LogP contribution < -0.4 is 10.7 Å². The molecule has 7 nitrogen and oxygen atoms in total. The molecule has 1 unspecified atom stereocenters. The maximum absolute atomic E-state index is 12.3. The summed E-state index contributed by atoms with van der Waals surface area (Å²) < 4.78 is 25.8. The van der Waals surface area contributed by atoms with Crippen LogP contribution in [0.15, 0.2) is 28.2 Å². The molecular weight excluding hydrogens is 270 g/mol. The Bertz CT molecular complexity index is 637. The minimum Gasteiger partial charge on any atom is -0.366 e. The van der Waals surface area contributed by atoms with E-state index in [2.05, 4.69) is 10.3 Å². The zero-order valence-electron chi connectivity index (χ0n) is 10.4. The maximum Gasteiger partial charge on any atom is 0.248 e. The van der Waals surface area contributed by atoms with E-state index in [4.69, 9.17) is 0 Å². The van der Waals surface area contributed by atoms with Crippen LogP contribution in [0.2, 0.25) is 0 Å². The fourth-order valence-electron chi connectivity index (χ4n) is 2.09. The number of amides is 1. The van der Waals surface area contributed by atoms with E-state index in [0.717, 1.165) is 0 Å². The summed E-state index contributed by atoms with van der Waals surface area (Å²) in [7, 11) is -3.80. The van der Waals surface area contributed by atoms with E-state index in [9.17, 15) is 18.0 Å². The molecule has 8 heteroatoms. The summed E-state index contributed by atoms with van der Waals surface area (Å²) in [6.07, 6.45) is 3.11. The van der Waals surface area contributed by atoms with E-state index in [0.29, 0.717) is 13.0 Å². The van der Waals surface area contributed by atoms with Crippen LogP contribution in [0.4, 0.5) is 0 Å². The van der Waals surface area contributed by atoms with Gasteiger partial charge in [0.1, 0.15) is 4.90 Å². The lowest BCUT2D eigenvalue weighted by molar-refractivity contribution is -0.119. The minimum atomic E-state index is -3.80. The second-order valence-corrected chi connectivity index (χ2v) is 6.33. The second-order valence-electron chi connectivity index (χ2n) is 4.42. The zero-order chi connectivity index (χ0) is 14.0. The minimum absolute atomic E-state index is 0.191. The summed E-state index contributed by atoms with van der Waals surface area (Å²) in [6.45, 7) is 1.87. The highest BCUT2D eigenvalue weighted by Gasteiger charge is 2.34. The highest BCUT2D eigenvalue weighted by Crippen LogP contribution is 2.18. The Morgan fingerprint density at radius 2 is 2.26 bits per heavy atom. The molecule has 1 atom stereocenters. The number of pyridine rings is 1. The molecule has 0 saturated carbocycles. The summed E-state index contributed by atoms with van der Waals surface area (Å²) in [5.74, 6) is -0.193. The smallest absolute Gasteiger partial charge is 0.248 e. The van der Waals surface area contributed by atoms with E-state index < -0.39 is 15.5 Å². The van der Waals surface area contributed by atoms with Crippen molar-refractivity contribution in [2.45, 2.75) is 24.3 Å². The van der Waals surface area contributed by atoms with Gasteiger partial charge in [0.2, 0.25) is 21.4 Å². The van der Waals surface area contributed by atoms with E-state index in [-0.39, 0.29) is 23.4 Å². The van der Waals surface area contributed by atoms with Crippen molar-refractivity contribution < 1.29 is 13.2 Å². The van der Waals surface area contributed by atoms with E-state index >= 15 is 0 Å². The molecule has 0 bridgehead atoms. The first-order chi connectivity index (χ1) is 8.91. The van der Waals surface area contributed by atoms with Gasteiger partial charge >= 0.3 is 0 Å². The van der Waals surface area contributed by atoms with Crippen molar-refractivity contribution in [3.05, 3.63) is 28.7 Å². The Labute approximate surface area is 110 Å². The summed E-state index contributed by atoms with van der Waals surface area (Å²) in [6, 6.07) is 0.976.